The maximum absolute atomic E-state index is 4.56. The van der Waals surface area contributed by atoms with Crippen LogP contribution in [0.3, 0.4) is 0 Å². The van der Waals surface area contributed by atoms with Gasteiger partial charge in [0.1, 0.15) is 0 Å². The van der Waals surface area contributed by atoms with Gasteiger partial charge in [0.05, 0.1) is 0 Å². The average Bonchev–Trinajstić information content (AvgIpc) is 2.44. The van der Waals surface area contributed by atoms with E-state index in [4.69, 9.17) is 0 Å². The van der Waals surface area contributed by atoms with Gasteiger partial charge in [0.25, 0.3) is 0 Å². The number of rotatable bonds is 2. The largest absolute Gasteiger partial charge is 0.260 e. The van der Waals surface area contributed by atoms with E-state index in [0.717, 1.165) is 11.3 Å². The fraction of sp³-hybridized carbons (Fsp3) is 0.381. The maximum Gasteiger partial charge on any atom is 0.0457 e. The molecule has 0 atom stereocenters. The van der Waals surface area contributed by atoms with Crippen molar-refractivity contribution in [1.29, 1.82) is 0 Å². The molecule has 0 bridgehead atoms. The fourth-order valence-electron chi connectivity index (χ4n) is 2.23. The summed E-state index contributed by atoms with van der Waals surface area (Å²) in [6.45, 7) is 13.3. The van der Waals surface area contributed by atoms with Crippen LogP contribution in [0.15, 0.2) is 42.6 Å². The first-order valence-electron chi connectivity index (χ1n) is 7.91. The van der Waals surface area contributed by atoms with Gasteiger partial charge in [0.15, 0.2) is 0 Å². The van der Waals surface area contributed by atoms with Gasteiger partial charge in [-0.3, -0.25) is 4.98 Å². The van der Waals surface area contributed by atoms with E-state index in [-0.39, 0.29) is 10.8 Å². The number of hydrogen-bond acceptors (Lipinski definition) is 1. The second kappa shape index (κ2) is 6.08. The molecule has 0 saturated heterocycles. The van der Waals surface area contributed by atoms with Crippen LogP contribution in [0, 0.1) is 0 Å². The first-order valence-corrected chi connectivity index (χ1v) is 7.91. The van der Waals surface area contributed by atoms with E-state index in [1.807, 2.05) is 6.20 Å². The Bertz CT molecular complexity index is 573. The van der Waals surface area contributed by atoms with Gasteiger partial charge in [0.2, 0.25) is 0 Å². The van der Waals surface area contributed by atoms with Gasteiger partial charge in [-0.1, -0.05) is 84.0 Å². The summed E-state index contributed by atoms with van der Waals surface area (Å²) >= 11 is 0. The first kappa shape index (κ1) is 16.5. The highest BCUT2D eigenvalue weighted by atomic mass is 14.7. The second-order valence-electron chi connectivity index (χ2n) is 7.93. The molecule has 0 saturated carbocycles. The van der Waals surface area contributed by atoms with Crippen LogP contribution in [0.4, 0.5) is 0 Å². The van der Waals surface area contributed by atoms with Crippen molar-refractivity contribution >= 4 is 12.2 Å². The van der Waals surface area contributed by atoms with Crippen molar-refractivity contribution in [1.82, 2.24) is 4.98 Å². The molecule has 2 rings (SSSR count). The van der Waals surface area contributed by atoms with Crippen LogP contribution in [-0.2, 0) is 10.8 Å². The van der Waals surface area contributed by atoms with Crippen molar-refractivity contribution in [2.75, 3.05) is 0 Å². The van der Waals surface area contributed by atoms with Crippen LogP contribution in [0.5, 0.6) is 0 Å². The van der Waals surface area contributed by atoms with E-state index in [1.54, 1.807) is 0 Å². The zero-order valence-electron chi connectivity index (χ0n) is 14.6. The Morgan fingerprint density at radius 1 is 0.682 bits per heavy atom. The molecule has 0 unspecified atom stereocenters. The normalized spacial score (nSPS) is 12.8. The average molecular weight is 293 g/mol. The molecule has 1 heteroatoms. The fourth-order valence-corrected chi connectivity index (χ4v) is 2.23. The maximum atomic E-state index is 4.56. The minimum atomic E-state index is 0.102. The van der Waals surface area contributed by atoms with E-state index in [1.165, 1.54) is 11.1 Å². The topological polar surface area (TPSA) is 12.9 Å². The third-order valence-electron chi connectivity index (χ3n) is 3.80. The summed E-state index contributed by atoms with van der Waals surface area (Å²) in [7, 11) is 0. The van der Waals surface area contributed by atoms with Crippen molar-refractivity contribution in [3.63, 3.8) is 0 Å². The number of hydrogen-bond donors (Lipinski definition) is 0. The minimum Gasteiger partial charge on any atom is -0.260 e. The molecular weight excluding hydrogens is 266 g/mol. The van der Waals surface area contributed by atoms with Crippen molar-refractivity contribution in [3.8, 4) is 0 Å². The molecule has 116 valence electrons. The van der Waals surface area contributed by atoms with Crippen LogP contribution in [0.1, 0.15) is 63.9 Å². The van der Waals surface area contributed by atoms with Gasteiger partial charge in [0, 0.05) is 17.3 Å². The highest BCUT2D eigenvalue weighted by Crippen LogP contribution is 2.23. The number of benzene rings is 1. The Morgan fingerprint density at radius 3 is 1.68 bits per heavy atom. The molecule has 0 aliphatic rings. The van der Waals surface area contributed by atoms with E-state index >= 15 is 0 Å². The lowest BCUT2D eigenvalue weighted by atomic mass is 9.87. The monoisotopic (exact) mass is 293 g/mol. The molecule has 0 spiro atoms. The van der Waals surface area contributed by atoms with Gasteiger partial charge in [-0.05, 0) is 28.2 Å². The molecular formula is C21H27N. The van der Waals surface area contributed by atoms with E-state index in [9.17, 15) is 0 Å². The summed E-state index contributed by atoms with van der Waals surface area (Å²) in [5.41, 5.74) is 5.14. The predicted molar refractivity (Wildman–Crippen MR) is 97.0 cm³/mol. The summed E-state index contributed by atoms with van der Waals surface area (Å²) in [6.07, 6.45) is 6.20. The van der Waals surface area contributed by atoms with Gasteiger partial charge in [-0.2, -0.15) is 0 Å². The molecule has 0 amide bonds. The number of pyridine rings is 1. The summed E-state index contributed by atoms with van der Waals surface area (Å²) in [5, 5.41) is 0. The van der Waals surface area contributed by atoms with Crippen molar-refractivity contribution < 1.29 is 0 Å². The number of nitrogens with zero attached hydrogens (tertiary/aromatic N) is 1. The standard InChI is InChI=1S/C21H27N/c1-20(2,3)18-12-9-16(10-13-18)7-8-17-11-14-19(22-15-17)21(4,5)6/h7-15H,1-6H3/b8-7+. The Morgan fingerprint density at radius 2 is 1.23 bits per heavy atom. The molecule has 1 nitrogen and oxygen atoms in total. The van der Waals surface area contributed by atoms with E-state index in [2.05, 4.69) is 95.1 Å². The van der Waals surface area contributed by atoms with Gasteiger partial charge in [-0.15, -0.1) is 0 Å². The lowest BCUT2D eigenvalue weighted by Gasteiger charge is -2.18. The highest BCUT2D eigenvalue weighted by molar-refractivity contribution is 5.69. The minimum absolute atomic E-state index is 0.102. The van der Waals surface area contributed by atoms with Crippen LogP contribution in [-0.4, -0.2) is 4.98 Å². The quantitative estimate of drug-likeness (QED) is 0.677. The molecule has 0 N–H and O–H groups in total. The van der Waals surface area contributed by atoms with Crippen LogP contribution < -0.4 is 0 Å². The summed E-state index contributed by atoms with van der Waals surface area (Å²) in [6, 6.07) is 13.0. The van der Waals surface area contributed by atoms with Gasteiger partial charge in [-0.25, -0.2) is 0 Å². The van der Waals surface area contributed by atoms with Crippen LogP contribution in [0.25, 0.3) is 12.2 Å². The lowest BCUT2D eigenvalue weighted by molar-refractivity contribution is 0.569. The summed E-state index contributed by atoms with van der Waals surface area (Å²) < 4.78 is 0. The van der Waals surface area contributed by atoms with Gasteiger partial charge >= 0.3 is 0 Å². The first-order chi connectivity index (χ1) is 10.2. The number of aromatic nitrogens is 1. The Kier molecular flexibility index (Phi) is 4.55. The molecule has 0 aliphatic carbocycles. The Hall–Kier alpha value is -1.89. The molecule has 0 radical (unpaired) electrons. The van der Waals surface area contributed by atoms with Crippen molar-refractivity contribution in [3.05, 3.63) is 65.0 Å². The van der Waals surface area contributed by atoms with Gasteiger partial charge < -0.3 is 0 Å². The summed E-state index contributed by atoms with van der Waals surface area (Å²) in [4.78, 5) is 4.56. The molecule has 22 heavy (non-hydrogen) atoms. The molecule has 0 aliphatic heterocycles. The van der Waals surface area contributed by atoms with E-state index < -0.39 is 0 Å². The molecule has 2 aromatic rings. The molecule has 1 aromatic heterocycles. The zero-order chi connectivity index (χ0) is 16.4. The zero-order valence-corrected chi connectivity index (χ0v) is 14.6. The summed E-state index contributed by atoms with van der Waals surface area (Å²) in [5.74, 6) is 0. The molecule has 0 fully saturated rings. The van der Waals surface area contributed by atoms with Crippen molar-refractivity contribution in [2.45, 2.75) is 52.4 Å². The van der Waals surface area contributed by atoms with E-state index in [0.29, 0.717) is 0 Å². The second-order valence-corrected chi connectivity index (χ2v) is 7.93. The Balaban J connectivity index is 2.12. The smallest absolute Gasteiger partial charge is 0.0457 e. The molecule has 1 heterocycles. The Labute approximate surface area is 135 Å². The third kappa shape index (κ3) is 4.30. The third-order valence-corrected chi connectivity index (χ3v) is 3.80. The van der Waals surface area contributed by atoms with Crippen molar-refractivity contribution in [2.24, 2.45) is 0 Å². The highest BCUT2D eigenvalue weighted by Gasteiger charge is 2.14. The van der Waals surface area contributed by atoms with Crippen LogP contribution >= 0.6 is 0 Å². The predicted octanol–water partition coefficient (Wildman–Crippen LogP) is 5.85. The molecule has 1 aromatic carbocycles. The SMILES string of the molecule is CC(C)(C)c1ccc(/C=C/c2ccc(C(C)(C)C)nc2)cc1. The van der Waals surface area contributed by atoms with Crippen LogP contribution in [0.2, 0.25) is 0 Å². The lowest BCUT2D eigenvalue weighted by Crippen LogP contribution is -2.12.